The number of hydrogen-bond acceptors (Lipinski definition) is 3. The molecule has 0 fully saturated rings. The van der Waals surface area contributed by atoms with E-state index in [1.165, 1.54) is 22.5 Å². The minimum absolute atomic E-state index is 0.0925. The van der Waals surface area contributed by atoms with Gasteiger partial charge in [0.25, 0.3) is 14.0 Å². The van der Waals surface area contributed by atoms with Gasteiger partial charge in [0.1, 0.15) is 0 Å². The van der Waals surface area contributed by atoms with Gasteiger partial charge in [0.15, 0.2) is 0 Å². The highest BCUT2D eigenvalue weighted by molar-refractivity contribution is 6.96. The van der Waals surface area contributed by atoms with Crippen molar-refractivity contribution in [2.75, 3.05) is 0 Å². The van der Waals surface area contributed by atoms with Crippen LogP contribution >= 0.6 is 0 Å². The van der Waals surface area contributed by atoms with E-state index in [1.54, 1.807) is 12.1 Å². The number of benzene rings is 3. The van der Waals surface area contributed by atoms with Crippen molar-refractivity contribution in [2.45, 2.75) is 13.2 Å². The lowest BCUT2D eigenvalue weighted by atomic mass is 10.2. The molecule has 3 rings (SSSR count). The molecule has 0 heterocycles. The molecular weight excluding hydrogens is 330 g/mol. The topological polar surface area (TPSA) is 52.4 Å². The van der Waals surface area contributed by atoms with Gasteiger partial charge in [-0.25, -0.2) is 0 Å². The lowest BCUT2D eigenvalue weighted by Crippen LogP contribution is -2.58. The average Bonchev–Trinajstić information content (AvgIpc) is 2.68. The highest BCUT2D eigenvalue weighted by Gasteiger charge is 2.33. The zero-order valence-electron chi connectivity index (χ0n) is 14.0. The molecule has 0 radical (unpaired) electrons. The Labute approximate surface area is 148 Å². The van der Waals surface area contributed by atoms with Gasteiger partial charge in [-0.2, -0.15) is 0 Å². The van der Waals surface area contributed by atoms with Crippen LogP contribution in [0.4, 0.5) is 5.69 Å². The fraction of sp³-hybridized carbons (Fsp3) is 0.100. The van der Waals surface area contributed by atoms with Crippen molar-refractivity contribution >= 4 is 24.4 Å². The van der Waals surface area contributed by atoms with Crippen molar-refractivity contribution in [1.29, 1.82) is 0 Å². The summed E-state index contributed by atoms with van der Waals surface area (Å²) < 4.78 is 6.46. The third kappa shape index (κ3) is 3.84. The predicted octanol–water partition coefficient (Wildman–Crippen LogP) is 3.50. The molecule has 25 heavy (non-hydrogen) atoms. The fourth-order valence-electron chi connectivity index (χ4n) is 2.79. The molecule has 0 aliphatic carbocycles. The molecule has 0 aliphatic heterocycles. The second-order valence-corrected chi connectivity index (χ2v) is 9.49. The minimum atomic E-state index is -2.35. The van der Waals surface area contributed by atoms with Crippen molar-refractivity contribution in [1.82, 2.24) is 0 Å². The summed E-state index contributed by atoms with van der Waals surface area (Å²) in [6.45, 7) is 2.60. The Morgan fingerprint density at radius 1 is 0.840 bits per heavy atom. The van der Waals surface area contributed by atoms with Gasteiger partial charge in [-0.1, -0.05) is 60.7 Å². The zero-order chi connectivity index (χ0) is 17.7. The summed E-state index contributed by atoms with van der Waals surface area (Å²) in [5.74, 6) is 0. The van der Waals surface area contributed by atoms with E-state index in [-0.39, 0.29) is 5.69 Å². The Kier molecular flexibility index (Phi) is 5.07. The van der Waals surface area contributed by atoms with E-state index in [1.807, 2.05) is 36.4 Å². The van der Waals surface area contributed by atoms with Crippen molar-refractivity contribution in [3.05, 3.63) is 101 Å². The Hall–Kier alpha value is -2.76. The third-order valence-corrected chi connectivity index (χ3v) is 7.92. The van der Waals surface area contributed by atoms with Gasteiger partial charge in [0.05, 0.1) is 11.5 Å². The summed E-state index contributed by atoms with van der Waals surface area (Å²) in [4.78, 5) is 10.4. The van der Waals surface area contributed by atoms with E-state index >= 15 is 0 Å². The summed E-state index contributed by atoms with van der Waals surface area (Å²) in [5.41, 5.74) is 1.02. The van der Waals surface area contributed by atoms with E-state index in [2.05, 4.69) is 30.8 Å². The number of nitro benzene ring substituents is 1. The van der Waals surface area contributed by atoms with Gasteiger partial charge >= 0.3 is 0 Å². The molecule has 126 valence electrons. The second-order valence-electron chi connectivity index (χ2n) is 5.98. The quantitative estimate of drug-likeness (QED) is 0.389. The minimum Gasteiger partial charge on any atom is -0.404 e. The number of nitro groups is 1. The predicted molar refractivity (Wildman–Crippen MR) is 102 cm³/mol. The molecule has 0 saturated carbocycles. The molecule has 3 aromatic carbocycles. The SMILES string of the molecule is C[Si](OCc1ccc([N+](=O)[O-])cc1)(c1ccccc1)c1ccccc1. The van der Waals surface area contributed by atoms with E-state index in [0.29, 0.717) is 6.61 Å². The first kappa shape index (κ1) is 17.1. The van der Waals surface area contributed by atoms with Crippen LogP contribution in [-0.2, 0) is 11.0 Å². The van der Waals surface area contributed by atoms with Crippen LogP contribution in [0.2, 0.25) is 6.55 Å². The highest BCUT2D eigenvalue weighted by atomic mass is 28.4. The lowest BCUT2D eigenvalue weighted by Gasteiger charge is -2.28. The summed E-state index contributed by atoms with van der Waals surface area (Å²) >= 11 is 0. The Bertz CT molecular complexity index is 796. The maximum absolute atomic E-state index is 10.8. The first-order chi connectivity index (χ1) is 12.1. The summed E-state index contributed by atoms with van der Waals surface area (Å²) in [6.07, 6.45) is 0. The van der Waals surface area contributed by atoms with Gasteiger partial charge in [-0.15, -0.1) is 0 Å². The van der Waals surface area contributed by atoms with Crippen LogP contribution in [-0.4, -0.2) is 13.2 Å². The molecule has 0 amide bonds. The van der Waals surface area contributed by atoms with Crippen molar-refractivity contribution in [3.8, 4) is 0 Å². The van der Waals surface area contributed by atoms with E-state index in [9.17, 15) is 10.1 Å². The van der Waals surface area contributed by atoms with Crippen molar-refractivity contribution < 1.29 is 9.35 Å². The standard InChI is InChI=1S/C20H19NO3Si/c1-25(19-8-4-2-5-9-19,20-10-6-3-7-11-20)24-16-17-12-14-18(15-13-17)21(22)23/h2-15H,16H2,1H3. The molecule has 0 aromatic heterocycles. The number of non-ortho nitro benzene ring substituents is 1. The largest absolute Gasteiger partial charge is 0.404 e. The molecule has 3 aromatic rings. The molecule has 0 aliphatic rings. The number of hydrogen-bond donors (Lipinski definition) is 0. The zero-order valence-corrected chi connectivity index (χ0v) is 15.0. The molecule has 0 bridgehead atoms. The van der Waals surface area contributed by atoms with Crippen LogP contribution in [0.25, 0.3) is 0 Å². The average molecular weight is 349 g/mol. The van der Waals surface area contributed by atoms with Crippen LogP contribution in [0.1, 0.15) is 5.56 Å². The molecule has 0 saturated heterocycles. The molecule has 4 nitrogen and oxygen atoms in total. The van der Waals surface area contributed by atoms with Crippen molar-refractivity contribution in [3.63, 3.8) is 0 Å². The van der Waals surface area contributed by atoms with Gasteiger partial charge in [0, 0.05) is 12.1 Å². The van der Waals surface area contributed by atoms with E-state index in [4.69, 9.17) is 4.43 Å². The molecule has 0 spiro atoms. The highest BCUT2D eigenvalue weighted by Crippen LogP contribution is 2.15. The van der Waals surface area contributed by atoms with Crippen LogP contribution in [0.5, 0.6) is 0 Å². The molecule has 5 heteroatoms. The fourth-order valence-corrected chi connectivity index (χ4v) is 5.57. The Balaban J connectivity index is 1.87. The van der Waals surface area contributed by atoms with Gasteiger partial charge < -0.3 is 4.43 Å². The smallest absolute Gasteiger partial charge is 0.269 e. The van der Waals surface area contributed by atoms with Crippen LogP contribution < -0.4 is 10.4 Å². The molecular formula is C20H19NO3Si. The monoisotopic (exact) mass is 349 g/mol. The number of rotatable bonds is 6. The van der Waals surface area contributed by atoms with E-state index in [0.717, 1.165) is 5.56 Å². The maximum atomic E-state index is 10.8. The second kappa shape index (κ2) is 7.42. The lowest BCUT2D eigenvalue weighted by molar-refractivity contribution is -0.384. The van der Waals surface area contributed by atoms with Gasteiger partial charge in [-0.3, -0.25) is 10.1 Å². The molecule has 0 unspecified atom stereocenters. The van der Waals surface area contributed by atoms with Crippen LogP contribution in [0.15, 0.2) is 84.9 Å². The normalized spacial score (nSPS) is 11.2. The molecule has 0 atom stereocenters. The first-order valence-corrected chi connectivity index (χ1v) is 10.5. The third-order valence-electron chi connectivity index (χ3n) is 4.32. The van der Waals surface area contributed by atoms with Gasteiger partial charge in [0.2, 0.25) is 0 Å². The number of nitrogens with zero attached hydrogens (tertiary/aromatic N) is 1. The summed E-state index contributed by atoms with van der Waals surface area (Å²) in [5, 5.41) is 13.2. The Morgan fingerprint density at radius 3 is 1.76 bits per heavy atom. The van der Waals surface area contributed by atoms with Crippen LogP contribution in [0, 0.1) is 10.1 Å². The summed E-state index contributed by atoms with van der Waals surface area (Å²) in [7, 11) is -2.35. The van der Waals surface area contributed by atoms with Crippen LogP contribution in [0.3, 0.4) is 0 Å². The first-order valence-electron chi connectivity index (χ1n) is 8.08. The molecule has 0 N–H and O–H groups in total. The van der Waals surface area contributed by atoms with E-state index < -0.39 is 13.2 Å². The van der Waals surface area contributed by atoms with Gasteiger partial charge in [-0.05, 0) is 34.6 Å². The maximum Gasteiger partial charge on any atom is 0.269 e. The van der Waals surface area contributed by atoms with Crippen molar-refractivity contribution in [2.24, 2.45) is 0 Å². The summed E-state index contributed by atoms with van der Waals surface area (Å²) in [6, 6.07) is 27.1. The Morgan fingerprint density at radius 2 is 1.32 bits per heavy atom.